The summed E-state index contributed by atoms with van der Waals surface area (Å²) in [6.07, 6.45) is -0.412. The maximum atomic E-state index is 11.7. The maximum Gasteiger partial charge on any atom is 0.338 e. The highest BCUT2D eigenvalue weighted by Crippen LogP contribution is 2.26. The number of ether oxygens (including phenoxy) is 2. The summed E-state index contributed by atoms with van der Waals surface area (Å²) in [6.45, 7) is 1.94. The van der Waals surface area contributed by atoms with Crippen LogP contribution in [-0.2, 0) is 9.47 Å². The molecule has 0 aromatic heterocycles. The second-order valence-electron chi connectivity index (χ2n) is 3.59. The first-order valence-corrected chi connectivity index (χ1v) is 5.89. The van der Waals surface area contributed by atoms with E-state index < -0.39 is 17.0 Å². The van der Waals surface area contributed by atoms with Crippen molar-refractivity contribution in [3.05, 3.63) is 38.3 Å². The van der Waals surface area contributed by atoms with Crippen LogP contribution >= 0.6 is 15.9 Å². The minimum absolute atomic E-state index is 0.132. The molecule has 98 valence electrons. The molecule has 0 saturated heterocycles. The maximum absolute atomic E-state index is 11.7. The minimum atomic E-state index is -0.616. The van der Waals surface area contributed by atoms with E-state index in [4.69, 9.17) is 9.47 Å². The van der Waals surface area contributed by atoms with Crippen LogP contribution in [0.1, 0.15) is 17.3 Å². The average Bonchev–Trinajstić information content (AvgIpc) is 2.29. The fourth-order valence-electron chi connectivity index (χ4n) is 1.30. The fraction of sp³-hybridized carbons (Fsp3) is 0.364. The Hall–Kier alpha value is -1.47. The number of benzene rings is 1. The zero-order valence-electron chi connectivity index (χ0n) is 9.88. The monoisotopic (exact) mass is 317 g/mol. The van der Waals surface area contributed by atoms with Crippen molar-refractivity contribution in [2.75, 3.05) is 13.7 Å². The van der Waals surface area contributed by atoms with E-state index in [1.54, 1.807) is 6.92 Å². The number of esters is 1. The number of rotatable bonds is 5. The van der Waals surface area contributed by atoms with Crippen molar-refractivity contribution in [3.63, 3.8) is 0 Å². The van der Waals surface area contributed by atoms with Gasteiger partial charge in [0.1, 0.15) is 6.10 Å². The highest BCUT2D eigenvalue weighted by atomic mass is 79.9. The van der Waals surface area contributed by atoms with Crippen LogP contribution in [0.2, 0.25) is 0 Å². The Kier molecular flexibility index (Phi) is 5.24. The van der Waals surface area contributed by atoms with Crippen molar-refractivity contribution in [2.24, 2.45) is 0 Å². The van der Waals surface area contributed by atoms with Crippen LogP contribution in [0.25, 0.3) is 0 Å². The molecule has 1 atom stereocenters. The first kappa shape index (κ1) is 14.6. The summed E-state index contributed by atoms with van der Waals surface area (Å²) in [6, 6.07) is 4.07. The van der Waals surface area contributed by atoms with Crippen molar-refractivity contribution in [1.29, 1.82) is 0 Å². The van der Waals surface area contributed by atoms with Gasteiger partial charge in [-0.1, -0.05) is 0 Å². The molecule has 18 heavy (non-hydrogen) atoms. The van der Waals surface area contributed by atoms with Crippen molar-refractivity contribution >= 4 is 27.6 Å². The molecule has 0 N–H and O–H groups in total. The summed E-state index contributed by atoms with van der Waals surface area (Å²) in [7, 11) is 1.49. The second kappa shape index (κ2) is 6.46. The highest BCUT2D eigenvalue weighted by molar-refractivity contribution is 9.10. The van der Waals surface area contributed by atoms with Gasteiger partial charge in [0.25, 0.3) is 5.69 Å². The van der Waals surface area contributed by atoms with Crippen molar-refractivity contribution in [2.45, 2.75) is 13.0 Å². The molecule has 0 radical (unpaired) electrons. The fourth-order valence-corrected chi connectivity index (χ4v) is 1.69. The second-order valence-corrected chi connectivity index (χ2v) is 4.45. The summed E-state index contributed by atoms with van der Waals surface area (Å²) in [5.41, 5.74) is -0.0447. The van der Waals surface area contributed by atoms with E-state index >= 15 is 0 Å². The molecule has 0 fully saturated rings. The van der Waals surface area contributed by atoms with Gasteiger partial charge in [-0.2, -0.15) is 0 Å². The molecule has 1 unspecified atom stereocenters. The largest absolute Gasteiger partial charge is 0.457 e. The number of nitrogens with zero attached hydrogens (tertiary/aromatic N) is 1. The number of nitro groups is 1. The number of carbonyl (C=O) groups is 1. The molecule has 7 heteroatoms. The summed E-state index contributed by atoms with van der Waals surface area (Å²) in [4.78, 5) is 21.9. The van der Waals surface area contributed by atoms with Gasteiger partial charge >= 0.3 is 5.97 Å². The van der Waals surface area contributed by atoms with Crippen molar-refractivity contribution in [1.82, 2.24) is 0 Å². The third kappa shape index (κ3) is 3.78. The van der Waals surface area contributed by atoms with Crippen LogP contribution in [0.5, 0.6) is 0 Å². The molecule has 6 nitrogen and oxygen atoms in total. The molecule has 0 bridgehead atoms. The SMILES string of the molecule is COCC(C)OC(=O)c1ccc(Br)c([N+](=O)[O-])c1. The van der Waals surface area contributed by atoms with Crippen molar-refractivity contribution < 1.29 is 19.2 Å². The van der Waals surface area contributed by atoms with E-state index in [1.165, 1.54) is 25.3 Å². The van der Waals surface area contributed by atoms with Gasteiger partial charge in [-0.15, -0.1) is 0 Å². The van der Waals surface area contributed by atoms with E-state index in [-0.39, 0.29) is 17.9 Å². The lowest BCUT2D eigenvalue weighted by Gasteiger charge is -2.11. The Balaban J connectivity index is 2.87. The van der Waals surface area contributed by atoms with E-state index in [0.29, 0.717) is 4.47 Å². The molecule has 0 aliphatic rings. The summed E-state index contributed by atoms with van der Waals surface area (Å²) in [5, 5.41) is 10.7. The lowest BCUT2D eigenvalue weighted by Crippen LogP contribution is -2.19. The smallest absolute Gasteiger partial charge is 0.338 e. The molecule has 0 spiro atoms. The van der Waals surface area contributed by atoms with Gasteiger partial charge in [0.15, 0.2) is 0 Å². The van der Waals surface area contributed by atoms with Gasteiger partial charge in [0.2, 0.25) is 0 Å². The highest BCUT2D eigenvalue weighted by Gasteiger charge is 2.18. The van der Waals surface area contributed by atoms with Gasteiger partial charge in [0.05, 0.1) is 21.6 Å². The molecular formula is C11H12BrNO5. The van der Waals surface area contributed by atoms with Gasteiger partial charge in [-0.3, -0.25) is 10.1 Å². The normalized spacial score (nSPS) is 11.9. The lowest BCUT2D eigenvalue weighted by atomic mass is 10.2. The number of hydrogen-bond acceptors (Lipinski definition) is 5. The Morgan fingerprint density at radius 3 is 2.78 bits per heavy atom. The van der Waals surface area contributed by atoms with Crippen molar-refractivity contribution in [3.8, 4) is 0 Å². The number of nitro benzene ring substituents is 1. The predicted molar refractivity (Wildman–Crippen MR) is 67.5 cm³/mol. The first-order chi connectivity index (χ1) is 8.45. The van der Waals surface area contributed by atoms with E-state index in [9.17, 15) is 14.9 Å². The van der Waals surface area contributed by atoms with Crippen LogP contribution < -0.4 is 0 Å². The molecule has 1 aromatic rings. The molecule has 0 heterocycles. The zero-order valence-corrected chi connectivity index (χ0v) is 11.5. The molecular weight excluding hydrogens is 306 g/mol. The molecule has 0 amide bonds. The molecule has 1 rings (SSSR count). The van der Waals surface area contributed by atoms with Crippen LogP contribution in [0.3, 0.4) is 0 Å². The summed E-state index contributed by atoms with van der Waals surface area (Å²) in [5.74, 6) is -0.616. The standard InChI is InChI=1S/C11H12BrNO5/c1-7(6-17-2)18-11(14)8-3-4-9(12)10(5-8)13(15)16/h3-5,7H,6H2,1-2H3. The summed E-state index contributed by atoms with van der Waals surface area (Å²) >= 11 is 3.04. The quantitative estimate of drug-likeness (QED) is 0.473. The van der Waals surface area contributed by atoms with Gasteiger partial charge in [0, 0.05) is 13.2 Å². The summed E-state index contributed by atoms with van der Waals surface area (Å²) < 4.78 is 10.2. The van der Waals surface area contributed by atoms with Crippen LogP contribution in [0.15, 0.2) is 22.7 Å². The van der Waals surface area contributed by atoms with Gasteiger partial charge in [-0.25, -0.2) is 4.79 Å². The first-order valence-electron chi connectivity index (χ1n) is 5.09. The molecule has 0 aliphatic carbocycles. The number of hydrogen-bond donors (Lipinski definition) is 0. The van der Waals surface area contributed by atoms with Gasteiger partial charge in [-0.05, 0) is 35.0 Å². The predicted octanol–water partition coefficient (Wildman–Crippen LogP) is 2.55. The Bertz CT molecular complexity index is 463. The Morgan fingerprint density at radius 1 is 1.56 bits per heavy atom. The van der Waals surface area contributed by atoms with Crippen LogP contribution in [0.4, 0.5) is 5.69 Å². The minimum Gasteiger partial charge on any atom is -0.457 e. The van der Waals surface area contributed by atoms with E-state index in [0.717, 1.165) is 0 Å². The molecule has 0 aliphatic heterocycles. The third-order valence-corrected chi connectivity index (χ3v) is 2.76. The number of methoxy groups -OCH3 is 1. The third-order valence-electron chi connectivity index (χ3n) is 2.09. The van der Waals surface area contributed by atoms with E-state index in [2.05, 4.69) is 15.9 Å². The molecule has 1 aromatic carbocycles. The topological polar surface area (TPSA) is 78.7 Å². The Morgan fingerprint density at radius 2 is 2.22 bits per heavy atom. The van der Waals surface area contributed by atoms with Gasteiger partial charge < -0.3 is 9.47 Å². The number of carbonyl (C=O) groups excluding carboxylic acids is 1. The van der Waals surface area contributed by atoms with Crippen LogP contribution in [0, 0.1) is 10.1 Å². The number of halogens is 1. The molecule has 0 saturated carbocycles. The average molecular weight is 318 g/mol. The van der Waals surface area contributed by atoms with Crippen LogP contribution in [-0.4, -0.2) is 30.7 Å². The van der Waals surface area contributed by atoms with E-state index in [1.807, 2.05) is 0 Å². The Labute approximate surface area is 112 Å². The zero-order chi connectivity index (χ0) is 13.7. The lowest BCUT2D eigenvalue weighted by molar-refractivity contribution is -0.385.